The number of allylic oxidation sites excluding steroid dienone is 4. The molecule has 1 aromatic heterocycles. The zero-order valence-corrected chi connectivity index (χ0v) is 13.2. The fourth-order valence-corrected chi connectivity index (χ4v) is 2.76. The highest BCUT2D eigenvalue weighted by Crippen LogP contribution is 2.36. The van der Waals surface area contributed by atoms with Crippen LogP contribution in [0.3, 0.4) is 0 Å². The zero-order valence-electron chi connectivity index (χ0n) is 13.2. The maximum absolute atomic E-state index is 5.40. The van der Waals surface area contributed by atoms with Crippen molar-refractivity contribution in [2.75, 3.05) is 20.7 Å². The summed E-state index contributed by atoms with van der Waals surface area (Å²) in [6.45, 7) is 8.67. The number of ether oxygens (including phenoxy) is 1. The van der Waals surface area contributed by atoms with Gasteiger partial charge in [-0.05, 0) is 37.2 Å². The molecule has 2 aromatic rings. The van der Waals surface area contributed by atoms with Crippen LogP contribution in [0, 0.1) is 0 Å². The van der Waals surface area contributed by atoms with Crippen LogP contribution >= 0.6 is 0 Å². The number of rotatable bonds is 8. The summed E-state index contributed by atoms with van der Waals surface area (Å²) in [7, 11) is 3.63. The van der Waals surface area contributed by atoms with E-state index in [1.165, 1.54) is 5.56 Å². The number of fused-ring (bicyclic) bond motifs is 1. The molecule has 0 aliphatic carbocycles. The van der Waals surface area contributed by atoms with E-state index in [0.29, 0.717) is 0 Å². The van der Waals surface area contributed by atoms with Crippen molar-refractivity contribution >= 4 is 10.9 Å². The molecule has 4 heteroatoms. The highest BCUT2D eigenvalue weighted by molar-refractivity contribution is 5.88. The van der Waals surface area contributed by atoms with Gasteiger partial charge in [0.1, 0.15) is 11.3 Å². The molecule has 1 heterocycles. The Kier molecular flexibility index (Phi) is 5.55. The molecule has 1 aromatic carbocycles. The Morgan fingerprint density at radius 1 is 1.45 bits per heavy atom. The third kappa shape index (κ3) is 3.12. The van der Waals surface area contributed by atoms with Gasteiger partial charge in [0.2, 0.25) is 0 Å². The number of H-pyrrole nitrogens is 1. The summed E-state index contributed by atoms with van der Waals surface area (Å²) < 4.78 is 5.40. The van der Waals surface area contributed by atoms with Gasteiger partial charge in [-0.2, -0.15) is 5.10 Å². The van der Waals surface area contributed by atoms with Gasteiger partial charge < -0.3 is 10.1 Å². The van der Waals surface area contributed by atoms with E-state index < -0.39 is 0 Å². The first-order valence-corrected chi connectivity index (χ1v) is 7.36. The predicted molar refractivity (Wildman–Crippen MR) is 92.4 cm³/mol. The molecule has 1 atom stereocenters. The Morgan fingerprint density at radius 3 is 2.91 bits per heavy atom. The lowest BCUT2D eigenvalue weighted by molar-refractivity contribution is 0.418. The Labute approximate surface area is 131 Å². The molecular weight excluding hydrogens is 274 g/mol. The maximum Gasteiger partial charge on any atom is 0.144 e. The number of hydrogen-bond donors (Lipinski definition) is 2. The minimum Gasteiger partial charge on any atom is -0.494 e. The standard InChI is InChI=1S/C18H23N3O/c1-5-7-13(6-2)14(10-11-19-3)15-8-9-17(22-4)18-16(15)12-20-21-18/h5-9,12,14,19H,1-2,10-11H2,3-4H3,(H,20,21)/b13-7+/t14-/m0/s1. The molecule has 4 nitrogen and oxygen atoms in total. The van der Waals surface area contributed by atoms with E-state index in [-0.39, 0.29) is 5.92 Å². The highest BCUT2D eigenvalue weighted by Gasteiger charge is 2.19. The highest BCUT2D eigenvalue weighted by atomic mass is 16.5. The van der Waals surface area contributed by atoms with E-state index >= 15 is 0 Å². The normalized spacial score (nSPS) is 13.1. The second-order valence-electron chi connectivity index (χ2n) is 5.07. The second kappa shape index (κ2) is 7.61. The minimum atomic E-state index is 0.231. The summed E-state index contributed by atoms with van der Waals surface area (Å²) in [5, 5.41) is 11.5. The molecule has 2 N–H and O–H groups in total. The van der Waals surface area contributed by atoms with Gasteiger partial charge in [0, 0.05) is 11.3 Å². The second-order valence-corrected chi connectivity index (χ2v) is 5.07. The molecule has 0 unspecified atom stereocenters. The fraction of sp³-hybridized carbons (Fsp3) is 0.278. The summed E-state index contributed by atoms with van der Waals surface area (Å²) in [6, 6.07) is 4.09. The molecular formula is C18H23N3O. The Bertz CT molecular complexity index is 685. The van der Waals surface area contributed by atoms with Crippen molar-refractivity contribution in [3.63, 3.8) is 0 Å². The van der Waals surface area contributed by atoms with Crippen LogP contribution in [0.15, 0.2) is 55.3 Å². The van der Waals surface area contributed by atoms with Gasteiger partial charge >= 0.3 is 0 Å². The molecule has 22 heavy (non-hydrogen) atoms. The quantitative estimate of drug-likeness (QED) is 0.732. The summed E-state index contributed by atoms with van der Waals surface area (Å²) in [5.74, 6) is 1.03. The third-order valence-corrected chi connectivity index (χ3v) is 3.84. The van der Waals surface area contributed by atoms with Crippen LogP contribution in [0.5, 0.6) is 5.75 Å². The largest absolute Gasteiger partial charge is 0.494 e. The van der Waals surface area contributed by atoms with Crippen LogP contribution < -0.4 is 10.1 Å². The lowest BCUT2D eigenvalue weighted by Gasteiger charge is -2.20. The molecule has 0 bridgehead atoms. The first kappa shape index (κ1) is 16.0. The Balaban J connectivity index is 2.56. The molecule has 2 rings (SSSR count). The van der Waals surface area contributed by atoms with E-state index in [4.69, 9.17) is 4.74 Å². The summed E-state index contributed by atoms with van der Waals surface area (Å²) in [4.78, 5) is 0. The number of nitrogens with zero attached hydrogens (tertiary/aromatic N) is 1. The Hall–Kier alpha value is -2.33. The van der Waals surface area contributed by atoms with Crippen molar-refractivity contribution in [2.24, 2.45) is 0 Å². The SMILES string of the molecule is C=C/C=C(\C=C)[C@H](CCNC)c1ccc(OC)c2[nH]ncc12. The van der Waals surface area contributed by atoms with Gasteiger partial charge in [-0.3, -0.25) is 5.10 Å². The molecule has 0 spiro atoms. The number of aromatic nitrogens is 2. The van der Waals surface area contributed by atoms with Crippen LogP contribution in [-0.2, 0) is 0 Å². The lowest BCUT2D eigenvalue weighted by atomic mass is 9.86. The van der Waals surface area contributed by atoms with Gasteiger partial charge in [-0.1, -0.05) is 37.5 Å². The first-order chi connectivity index (χ1) is 10.8. The molecule has 0 radical (unpaired) electrons. The van der Waals surface area contributed by atoms with Crippen molar-refractivity contribution in [2.45, 2.75) is 12.3 Å². The number of hydrogen-bond acceptors (Lipinski definition) is 3. The summed E-state index contributed by atoms with van der Waals surface area (Å²) in [6.07, 6.45) is 8.55. The van der Waals surface area contributed by atoms with Gasteiger partial charge in [-0.15, -0.1) is 0 Å². The molecule has 0 amide bonds. The van der Waals surface area contributed by atoms with E-state index in [0.717, 1.165) is 35.2 Å². The molecule has 0 aliphatic rings. The number of nitrogens with one attached hydrogen (secondary N) is 2. The monoisotopic (exact) mass is 297 g/mol. The van der Waals surface area contributed by atoms with Crippen molar-refractivity contribution < 1.29 is 4.74 Å². The minimum absolute atomic E-state index is 0.231. The molecule has 0 saturated carbocycles. The van der Waals surface area contributed by atoms with Crippen molar-refractivity contribution in [3.8, 4) is 5.75 Å². The van der Waals surface area contributed by atoms with Crippen LogP contribution in [0.1, 0.15) is 17.9 Å². The zero-order chi connectivity index (χ0) is 15.9. The van der Waals surface area contributed by atoms with E-state index in [1.54, 1.807) is 13.2 Å². The number of aromatic amines is 1. The van der Waals surface area contributed by atoms with Crippen molar-refractivity contribution in [1.29, 1.82) is 0 Å². The maximum atomic E-state index is 5.40. The van der Waals surface area contributed by atoms with Crippen LogP contribution in [0.2, 0.25) is 0 Å². The number of benzene rings is 1. The number of methoxy groups -OCH3 is 1. The first-order valence-electron chi connectivity index (χ1n) is 7.36. The molecule has 0 fully saturated rings. The van der Waals surface area contributed by atoms with Crippen LogP contribution in [0.25, 0.3) is 10.9 Å². The molecule has 0 aliphatic heterocycles. The lowest BCUT2D eigenvalue weighted by Crippen LogP contribution is -2.13. The van der Waals surface area contributed by atoms with E-state index in [9.17, 15) is 0 Å². The van der Waals surface area contributed by atoms with Crippen molar-refractivity contribution in [3.05, 3.63) is 60.9 Å². The van der Waals surface area contributed by atoms with Crippen molar-refractivity contribution in [1.82, 2.24) is 15.5 Å². The molecule has 116 valence electrons. The third-order valence-electron chi connectivity index (χ3n) is 3.84. The Morgan fingerprint density at radius 2 is 2.27 bits per heavy atom. The predicted octanol–water partition coefficient (Wildman–Crippen LogP) is 3.56. The van der Waals surface area contributed by atoms with Crippen LogP contribution in [-0.4, -0.2) is 30.9 Å². The topological polar surface area (TPSA) is 49.9 Å². The summed E-state index contributed by atoms with van der Waals surface area (Å²) in [5.41, 5.74) is 3.29. The molecule has 0 saturated heterocycles. The van der Waals surface area contributed by atoms with Crippen LogP contribution in [0.4, 0.5) is 0 Å². The van der Waals surface area contributed by atoms with E-state index in [2.05, 4.69) is 34.7 Å². The van der Waals surface area contributed by atoms with Gasteiger partial charge in [0.15, 0.2) is 0 Å². The fourth-order valence-electron chi connectivity index (χ4n) is 2.76. The van der Waals surface area contributed by atoms with Gasteiger partial charge in [0.25, 0.3) is 0 Å². The smallest absolute Gasteiger partial charge is 0.144 e. The van der Waals surface area contributed by atoms with Gasteiger partial charge in [-0.25, -0.2) is 0 Å². The average Bonchev–Trinajstić information content (AvgIpc) is 3.03. The average molecular weight is 297 g/mol. The van der Waals surface area contributed by atoms with E-state index in [1.807, 2.05) is 31.5 Å². The van der Waals surface area contributed by atoms with Gasteiger partial charge in [0.05, 0.1) is 13.3 Å². The summed E-state index contributed by atoms with van der Waals surface area (Å²) >= 11 is 0.